The zero-order chi connectivity index (χ0) is 15.2. The number of hydrogen-bond acceptors (Lipinski definition) is 6. The third-order valence-corrected chi connectivity index (χ3v) is 2.78. The van der Waals surface area contributed by atoms with Gasteiger partial charge in [0.15, 0.2) is 0 Å². The molecule has 0 bridgehead atoms. The summed E-state index contributed by atoms with van der Waals surface area (Å²) >= 11 is 0. The second-order valence-electron chi connectivity index (χ2n) is 5.17. The van der Waals surface area contributed by atoms with Crippen LogP contribution in [-0.2, 0) is 12.8 Å². The Labute approximate surface area is 122 Å². The van der Waals surface area contributed by atoms with Gasteiger partial charge >= 0.3 is 0 Å². The summed E-state index contributed by atoms with van der Waals surface area (Å²) in [7, 11) is 0. The Morgan fingerprint density at radius 1 is 1.38 bits per heavy atom. The number of rotatable bonds is 6. The molecule has 1 amide bonds. The highest BCUT2D eigenvalue weighted by Gasteiger charge is 2.11. The zero-order valence-corrected chi connectivity index (χ0v) is 12.1. The predicted octanol–water partition coefficient (Wildman–Crippen LogP) is 0.348. The number of H-pyrrole nitrogens is 1. The third-order valence-electron chi connectivity index (χ3n) is 2.78. The van der Waals surface area contributed by atoms with E-state index in [2.05, 4.69) is 44.5 Å². The van der Waals surface area contributed by atoms with E-state index in [0.717, 1.165) is 17.8 Å². The van der Waals surface area contributed by atoms with Crippen LogP contribution in [0.4, 0.5) is 5.95 Å². The molecule has 0 aliphatic carbocycles. The highest BCUT2D eigenvalue weighted by Crippen LogP contribution is 2.08. The number of nitrogens with zero attached hydrogens (tertiary/aromatic N) is 4. The lowest BCUT2D eigenvalue weighted by atomic mass is 10.1. The topological polar surface area (TPSA) is 122 Å². The maximum atomic E-state index is 12.1. The molecule has 8 heteroatoms. The summed E-state index contributed by atoms with van der Waals surface area (Å²) in [5.74, 6) is 0.287. The molecule has 0 atom stereocenters. The van der Waals surface area contributed by atoms with Crippen LogP contribution in [0.25, 0.3) is 0 Å². The summed E-state index contributed by atoms with van der Waals surface area (Å²) in [6, 6.07) is 1.68. The highest BCUT2D eigenvalue weighted by atomic mass is 16.1. The number of carbonyl (C=O) groups excluding carboxylic acids is 1. The lowest BCUT2D eigenvalue weighted by Gasteiger charge is -2.08. The van der Waals surface area contributed by atoms with Crippen molar-refractivity contribution >= 4 is 11.9 Å². The van der Waals surface area contributed by atoms with E-state index in [9.17, 15) is 4.79 Å². The van der Waals surface area contributed by atoms with Crippen molar-refractivity contribution in [2.75, 3.05) is 12.3 Å². The van der Waals surface area contributed by atoms with Gasteiger partial charge in [-0.2, -0.15) is 15.4 Å². The number of aromatic nitrogens is 5. The van der Waals surface area contributed by atoms with Crippen LogP contribution in [0.1, 0.15) is 35.7 Å². The molecule has 0 aromatic carbocycles. The number of aromatic amines is 1. The van der Waals surface area contributed by atoms with E-state index in [0.29, 0.717) is 24.6 Å². The minimum Gasteiger partial charge on any atom is -0.368 e. The molecule has 0 saturated heterocycles. The van der Waals surface area contributed by atoms with Crippen LogP contribution in [0.3, 0.4) is 0 Å². The zero-order valence-electron chi connectivity index (χ0n) is 12.1. The van der Waals surface area contributed by atoms with E-state index in [1.165, 1.54) is 0 Å². The minimum absolute atomic E-state index is 0.120. The molecule has 0 unspecified atom stereocenters. The molecule has 0 aliphatic rings. The van der Waals surface area contributed by atoms with Crippen molar-refractivity contribution in [2.24, 2.45) is 5.92 Å². The number of anilines is 1. The molecule has 2 aromatic rings. The van der Waals surface area contributed by atoms with Crippen molar-refractivity contribution in [2.45, 2.75) is 26.7 Å². The molecular weight excluding hydrogens is 270 g/mol. The Kier molecular flexibility index (Phi) is 4.81. The number of carbonyl (C=O) groups is 1. The molecule has 21 heavy (non-hydrogen) atoms. The second-order valence-corrected chi connectivity index (χ2v) is 5.17. The van der Waals surface area contributed by atoms with E-state index < -0.39 is 0 Å². The van der Waals surface area contributed by atoms with Crippen LogP contribution in [0.15, 0.2) is 12.3 Å². The van der Waals surface area contributed by atoms with Crippen LogP contribution in [0, 0.1) is 5.92 Å². The van der Waals surface area contributed by atoms with Gasteiger partial charge in [0.1, 0.15) is 5.69 Å². The molecule has 0 radical (unpaired) electrons. The van der Waals surface area contributed by atoms with Crippen molar-refractivity contribution in [3.63, 3.8) is 0 Å². The molecule has 112 valence electrons. The number of nitrogen functional groups attached to an aromatic ring is 1. The van der Waals surface area contributed by atoms with E-state index in [1.54, 1.807) is 12.3 Å². The van der Waals surface area contributed by atoms with Crippen molar-refractivity contribution in [3.8, 4) is 0 Å². The predicted molar refractivity (Wildman–Crippen MR) is 77.4 cm³/mol. The largest absolute Gasteiger partial charge is 0.368 e. The van der Waals surface area contributed by atoms with Gasteiger partial charge in [-0.3, -0.25) is 4.79 Å². The Balaban J connectivity index is 1.96. The maximum absolute atomic E-state index is 12.1. The Bertz CT molecular complexity index is 595. The summed E-state index contributed by atoms with van der Waals surface area (Å²) in [6.07, 6.45) is 2.98. The molecule has 2 heterocycles. The van der Waals surface area contributed by atoms with Gasteiger partial charge in [0, 0.05) is 18.7 Å². The fourth-order valence-electron chi connectivity index (χ4n) is 1.90. The molecule has 0 fully saturated rings. The van der Waals surface area contributed by atoms with Gasteiger partial charge in [-0.25, -0.2) is 9.97 Å². The van der Waals surface area contributed by atoms with Crippen LogP contribution >= 0.6 is 0 Å². The first kappa shape index (κ1) is 14.9. The summed E-state index contributed by atoms with van der Waals surface area (Å²) in [6.45, 7) is 4.61. The van der Waals surface area contributed by atoms with Crippen molar-refractivity contribution in [1.82, 2.24) is 30.7 Å². The molecule has 0 aliphatic heterocycles. The normalized spacial score (nSPS) is 10.8. The summed E-state index contributed by atoms with van der Waals surface area (Å²) in [4.78, 5) is 20.2. The first-order valence-corrected chi connectivity index (χ1v) is 6.81. The number of nitrogens with two attached hydrogens (primary N) is 1. The van der Waals surface area contributed by atoms with Crippen molar-refractivity contribution < 1.29 is 4.79 Å². The van der Waals surface area contributed by atoms with Crippen molar-refractivity contribution in [1.29, 1.82) is 0 Å². The monoisotopic (exact) mass is 289 g/mol. The van der Waals surface area contributed by atoms with Gasteiger partial charge in [-0.05, 0) is 18.4 Å². The highest BCUT2D eigenvalue weighted by molar-refractivity contribution is 5.92. The van der Waals surface area contributed by atoms with Gasteiger partial charge in [0.2, 0.25) is 5.95 Å². The lowest BCUT2D eigenvalue weighted by Crippen LogP contribution is -2.27. The smallest absolute Gasteiger partial charge is 0.270 e. The van der Waals surface area contributed by atoms with Crippen LogP contribution in [0.2, 0.25) is 0 Å². The van der Waals surface area contributed by atoms with E-state index in [4.69, 9.17) is 5.73 Å². The molecule has 2 rings (SSSR count). The number of nitrogens with one attached hydrogen (secondary N) is 2. The van der Waals surface area contributed by atoms with E-state index >= 15 is 0 Å². The van der Waals surface area contributed by atoms with Gasteiger partial charge < -0.3 is 11.1 Å². The maximum Gasteiger partial charge on any atom is 0.270 e. The SMILES string of the molecule is CC(C)Cc1cc(C(=O)NCCc2cn[nH]n2)nc(N)n1. The average molecular weight is 289 g/mol. The fraction of sp³-hybridized carbons (Fsp3) is 0.462. The van der Waals surface area contributed by atoms with Crippen molar-refractivity contribution in [3.05, 3.63) is 29.3 Å². The van der Waals surface area contributed by atoms with Gasteiger partial charge in [0.25, 0.3) is 5.91 Å². The van der Waals surface area contributed by atoms with E-state index in [-0.39, 0.29) is 11.9 Å². The second kappa shape index (κ2) is 6.78. The van der Waals surface area contributed by atoms with Gasteiger partial charge in [-0.1, -0.05) is 13.8 Å². The minimum atomic E-state index is -0.266. The quantitative estimate of drug-likeness (QED) is 0.705. The summed E-state index contributed by atoms with van der Waals surface area (Å²) < 4.78 is 0. The summed E-state index contributed by atoms with van der Waals surface area (Å²) in [5.41, 5.74) is 7.51. The molecule has 0 saturated carbocycles. The fourth-order valence-corrected chi connectivity index (χ4v) is 1.90. The standard InChI is InChI=1S/C13H19N7O/c1-8(2)5-10-6-11(18-13(14)17-10)12(21)15-4-3-9-7-16-20-19-9/h6-8H,3-5H2,1-2H3,(H,15,21)(H2,14,17,18)(H,16,19,20). The number of amides is 1. The molecule has 8 nitrogen and oxygen atoms in total. The van der Waals surface area contributed by atoms with Gasteiger partial charge in [-0.15, -0.1) is 0 Å². The third kappa shape index (κ3) is 4.51. The first-order chi connectivity index (χ1) is 10.0. The molecule has 4 N–H and O–H groups in total. The first-order valence-electron chi connectivity index (χ1n) is 6.81. The van der Waals surface area contributed by atoms with Gasteiger partial charge in [0.05, 0.1) is 11.9 Å². The Morgan fingerprint density at radius 3 is 2.86 bits per heavy atom. The Morgan fingerprint density at radius 2 is 2.19 bits per heavy atom. The molecular formula is C13H19N7O. The van der Waals surface area contributed by atoms with E-state index in [1.807, 2.05) is 0 Å². The van der Waals surface area contributed by atoms with Crippen LogP contribution < -0.4 is 11.1 Å². The molecule has 2 aromatic heterocycles. The lowest BCUT2D eigenvalue weighted by molar-refractivity contribution is 0.0949. The van der Waals surface area contributed by atoms with Crippen LogP contribution in [0.5, 0.6) is 0 Å². The molecule has 0 spiro atoms. The Hall–Kier alpha value is -2.51. The number of hydrogen-bond donors (Lipinski definition) is 3. The average Bonchev–Trinajstić information content (AvgIpc) is 2.90. The summed E-state index contributed by atoms with van der Waals surface area (Å²) in [5, 5.41) is 12.9. The van der Waals surface area contributed by atoms with Crippen LogP contribution in [-0.4, -0.2) is 37.8 Å².